The molecule has 112 valence electrons. The number of methoxy groups -OCH3 is 1. The van der Waals surface area contributed by atoms with Crippen LogP contribution in [0.15, 0.2) is 16.7 Å². The van der Waals surface area contributed by atoms with Crippen LogP contribution in [0, 0.1) is 5.92 Å². The summed E-state index contributed by atoms with van der Waals surface area (Å²) in [4.78, 5) is 14.0. The van der Waals surface area contributed by atoms with E-state index < -0.39 is 0 Å². The summed E-state index contributed by atoms with van der Waals surface area (Å²) >= 11 is 0. The second-order valence-electron chi connectivity index (χ2n) is 5.27. The zero-order valence-electron chi connectivity index (χ0n) is 12.4. The summed E-state index contributed by atoms with van der Waals surface area (Å²) in [5.74, 6) is 1.10. The number of furan rings is 1. The fourth-order valence-electron chi connectivity index (χ4n) is 2.69. The second-order valence-corrected chi connectivity index (χ2v) is 5.27. The van der Waals surface area contributed by atoms with Crippen molar-refractivity contribution >= 4 is 5.97 Å². The molecule has 0 aromatic carbocycles. The smallest absolute Gasteiger partial charge is 0.341 e. The Kier molecular flexibility index (Phi) is 5.61. The van der Waals surface area contributed by atoms with Crippen LogP contribution in [0.5, 0.6) is 0 Å². The molecule has 1 aliphatic rings. The van der Waals surface area contributed by atoms with Crippen LogP contribution in [-0.2, 0) is 11.3 Å². The van der Waals surface area contributed by atoms with Crippen molar-refractivity contribution in [2.45, 2.75) is 26.3 Å². The van der Waals surface area contributed by atoms with E-state index in [0.717, 1.165) is 32.1 Å². The predicted molar refractivity (Wildman–Crippen MR) is 76.6 cm³/mol. The Morgan fingerprint density at radius 3 is 2.90 bits per heavy atom. The summed E-state index contributed by atoms with van der Waals surface area (Å²) in [5, 5.41) is 3.38. The predicted octanol–water partition coefficient (Wildman–Crippen LogP) is 1.89. The van der Waals surface area contributed by atoms with Gasteiger partial charge in [-0.25, -0.2) is 4.79 Å². The average molecular weight is 280 g/mol. The highest BCUT2D eigenvalue weighted by molar-refractivity contribution is 5.90. The Morgan fingerprint density at radius 2 is 2.25 bits per heavy atom. The van der Waals surface area contributed by atoms with E-state index >= 15 is 0 Å². The van der Waals surface area contributed by atoms with Crippen molar-refractivity contribution in [1.29, 1.82) is 0 Å². The molecule has 0 bridgehead atoms. The van der Waals surface area contributed by atoms with Gasteiger partial charge in [0.05, 0.1) is 19.9 Å². The lowest BCUT2D eigenvalue weighted by atomic mass is 9.97. The molecule has 1 aromatic rings. The maximum atomic E-state index is 11.6. The Labute approximate surface area is 120 Å². The molecule has 5 heteroatoms. The Hall–Kier alpha value is -1.33. The van der Waals surface area contributed by atoms with Crippen molar-refractivity contribution in [3.63, 3.8) is 0 Å². The van der Waals surface area contributed by atoms with Crippen LogP contribution in [0.3, 0.4) is 0 Å². The third kappa shape index (κ3) is 3.84. The molecule has 0 radical (unpaired) electrons. The average Bonchev–Trinajstić information content (AvgIpc) is 2.95. The summed E-state index contributed by atoms with van der Waals surface area (Å²) in [6.07, 6.45) is 4.00. The molecule has 0 unspecified atom stereocenters. The highest BCUT2D eigenvalue weighted by Gasteiger charge is 2.20. The number of hydrogen-bond donors (Lipinski definition) is 1. The van der Waals surface area contributed by atoms with Gasteiger partial charge in [0.25, 0.3) is 0 Å². The van der Waals surface area contributed by atoms with Crippen LogP contribution in [0.2, 0.25) is 0 Å². The van der Waals surface area contributed by atoms with Crippen molar-refractivity contribution in [1.82, 2.24) is 10.2 Å². The molecule has 0 aliphatic carbocycles. The third-order valence-corrected chi connectivity index (χ3v) is 3.94. The molecule has 0 saturated carbocycles. The van der Waals surface area contributed by atoms with Gasteiger partial charge < -0.3 is 14.5 Å². The lowest BCUT2D eigenvalue weighted by Gasteiger charge is -2.28. The number of carbonyl (C=O) groups excluding carboxylic acids is 1. The minimum Gasteiger partial charge on any atom is -0.467 e. The van der Waals surface area contributed by atoms with E-state index in [1.165, 1.54) is 20.0 Å². The second kappa shape index (κ2) is 7.45. The lowest BCUT2D eigenvalue weighted by molar-refractivity contribution is 0.0596. The summed E-state index contributed by atoms with van der Waals surface area (Å²) < 4.78 is 10.2. The summed E-state index contributed by atoms with van der Waals surface area (Å²) in [6.45, 7) is 7.02. The van der Waals surface area contributed by atoms with E-state index in [4.69, 9.17) is 9.15 Å². The third-order valence-electron chi connectivity index (χ3n) is 3.94. The van der Waals surface area contributed by atoms with Gasteiger partial charge in [-0.2, -0.15) is 0 Å². The Bertz CT molecular complexity index is 425. The van der Waals surface area contributed by atoms with Crippen LogP contribution in [0.1, 0.15) is 35.9 Å². The van der Waals surface area contributed by atoms with E-state index in [0.29, 0.717) is 17.9 Å². The zero-order valence-corrected chi connectivity index (χ0v) is 12.4. The molecule has 1 aromatic heterocycles. The number of rotatable bonds is 6. The topological polar surface area (TPSA) is 54.7 Å². The molecule has 2 rings (SSSR count). The minimum absolute atomic E-state index is 0.327. The lowest BCUT2D eigenvalue weighted by Crippen LogP contribution is -2.36. The number of nitrogens with one attached hydrogen (secondary N) is 1. The van der Waals surface area contributed by atoms with Gasteiger partial charge in [-0.3, -0.25) is 4.90 Å². The van der Waals surface area contributed by atoms with E-state index in [9.17, 15) is 4.79 Å². The van der Waals surface area contributed by atoms with Gasteiger partial charge in [-0.1, -0.05) is 6.92 Å². The van der Waals surface area contributed by atoms with Crippen LogP contribution < -0.4 is 5.32 Å². The quantitative estimate of drug-likeness (QED) is 0.806. The van der Waals surface area contributed by atoms with Crippen LogP contribution in [0.4, 0.5) is 0 Å². The first kappa shape index (κ1) is 15.1. The van der Waals surface area contributed by atoms with Gasteiger partial charge in [0.15, 0.2) is 0 Å². The monoisotopic (exact) mass is 280 g/mol. The molecule has 1 N–H and O–H groups in total. The summed E-state index contributed by atoms with van der Waals surface area (Å²) in [7, 11) is 1.39. The van der Waals surface area contributed by atoms with Gasteiger partial charge in [-0.15, -0.1) is 0 Å². The van der Waals surface area contributed by atoms with Crippen molar-refractivity contribution in [3.05, 3.63) is 23.7 Å². The fraction of sp³-hybridized carbons (Fsp3) is 0.667. The molecule has 2 heterocycles. The van der Waals surface area contributed by atoms with Crippen LogP contribution >= 0.6 is 0 Å². The molecule has 1 aliphatic heterocycles. The molecule has 1 saturated heterocycles. The highest BCUT2D eigenvalue weighted by atomic mass is 16.5. The largest absolute Gasteiger partial charge is 0.467 e. The van der Waals surface area contributed by atoms with Crippen molar-refractivity contribution in [3.8, 4) is 0 Å². The first-order valence-electron chi connectivity index (χ1n) is 7.32. The first-order chi connectivity index (χ1) is 9.74. The molecule has 20 heavy (non-hydrogen) atoms. The molecular formula is C15H24N2O3. The molecular weight excluding hydrogens is 256 g/mol. The fourth-order valence-corrected chi connectivity index (χ4v) is 2.69. The minimum atomic E-state index is -0.327. The normalized spacial score (nSPS) is 16.6. The standard InChI is InChI=1S/C15H24N2O3/c1-3-17(10-12-4-7-16-8-5-12)11-14-13(6-9-20-14)15(18)19-2/h6,9,12,16H,3-5,7-8,10-11H2,1-2H3. The number of nitrogens with zero attached hydrogens (tertiary/aromatic N) is 1. The van der Waals surface area contributed by atoms with E-state index in [-0.39, 0.29) is 5.97 Å². The zero-order chi connectivity index (χ0) is 14.4. The van der Waals surface area contributed by atoms with Crippen molar-refractivity contribution in [2.75, 3.05) is 33.3 Å². The molecule has 0 spiro atoms. The van der Waals surface area contributed by atoms with Crippen LogP contribution in [0.25, 0.3) is 0 Å². The number of esters is 1. The maximum Gasteiger partial charge on any atom is 0.341 e. The molecule has 1 fully saturated rings. The summed E-state index contributed by atoms with van der Waals surface area (Å²) in [5.41, 5.74) is 0.538. The number of hydrogen-bond acceptors (Lipinski definition) is 5. The van der Waals surface area contributed by atoms with Gasteiger partial charge in [0, 0.05) is 6.54 Å². The molecule has 0 atom stereocenters. The van der Waals surface area contributed by atoms with E-state index in [2.05, 4.69) is 17.1 Å². The SMILES string of the molecule is CCN(Cc1occc1C(=O)OC)CC1CCNCC1. The maximum absolute atomic E-state index is 11.6. The Morgan fingerprint density at radius 1 is 1.50 bits per heavy atom. The van der Waals surface area contributed by atoms with Crippen molar-refractivity contribution < 1.29 is 13.9 Å². The van der Waals surface area contributed by atoms with E-state index in [1.54, 1.807) is 12.3 Å². The number of carbonyl (C=O) groups is 1. The van der Waals surface area contributed by atoms with Gasteiger partial charge in [0.1, 0.15) is 11.3 Å². The first-order valence-corrected chi connectivity index (χ1v) is 7.32. The number of ether oxygens (including phenoxy) is 1. The number of piperidine rings is 1. The highest BCUT2D eigenvalue weighted by Crippen LogP contribution is 2.18. The molecule has 5 nitrogen and oxygen atoms in total. The van der Waals surface area contributed by atoms with E-state index in [1.807, 2.05) is 0 Å². The van der Waals surface area contributed by atoms with Gasteiger partial charge in [-0.05, 0) is 44.5 Å². The van der Waals surface area contributed by atoms with Crippen molar-refractivity contribution in [2.24, 2.45) is 5.92 Å². The van der Waals surface area contributed by atoms with Gasteiger partial charge >= 0.3 is 5.97 Å². The van der Waals surface area contributed by atoms with Crippen LogP contribution in [-0.4, -0.2) is 44.2 Å². The molecule has 0 amide bonds. The summed E-state index contributed by atoms with van der Waals surface area (Å²) in [6, 6.07) is 1.68. The van der Waals surface area contributed by atoms with Gasteiger partial charge in [0.2, 0.25) is 0 Å². The Balaban J connectivity index is 1.95.